The molecule has 6 rings (SSSR count). The summed E-state index contributed by atoms with van der Waals surface area (Å²) < 4.78 is 25.1. The lowest BCUT2D eigenvalue weighted by Gasteiger charge is -2.32. The maximum Gasteiger partial charge on any atom is 0.231 e. The van der Waals surface area contributed by atoms with Gasteiger partial charge in [0.25, 0.3) is 0 Å². The highest BCUT2D eigenvalue weighted by Crippen LogP contribution is 2.37. The van der Waals surface area contributed by atoms with Crippen molar-refractivity contribution >= 4 is 45.1 Å². The topological polar surface area (TPSA) is 105 Å². The minimum absolute atomic E-state index is 0.175. The molecule has 35 heavy (non-hydrogen) atoms. The molecule has 3 atom stereocenters. The maximum atomic E-state index is 13.3. The number of aromatic nitrogens is 3. The fourth-order valence-corrected chi connectivity index (χ4v) is 4.51. The van der Waals surface area contributed by atoms with Gasteiger partial charge in [0, 0.05) is 49.0 Å². The zero-order valence-corrected chi connectivity index (χ0v) is 19.4. The van der Waals surface area contributed by atoms with Gasteiger partial charge in [-0.15, -0.1) is 0 Å². The second-order valence-electron chi connectivity index (χ2n) is 9.03. The maximum absolute atomic E-state index is 13.3. The number of carbonyl (C=O) groups is 1. The SMILES string of the molecule is CNc1ncc(-c2nc3cc(N4CCO[C@@H](C)C4)ccc3o2)c2cc(NC(=O)[C@@H]3CC3F)ncc12. The largest absolute Gasteiger partial charge is 0.436 e. The van der Waals surface area contributed by atoms with Crippen molar-refractivity contribution in [3.63, 3.8) is 0 Å². The molecule has 1 saturated heterocycles. The van der Waals surface area contributed by atoms with E-state index in [2.05, 4.69) is 32.4 Å². The highest BCUT2D eigenvalue weighted by atomic mass is 19.1. The Labute approximate surface area is 200 Å². The number of fused-ring (bicyclic) bond motifs is 2. The number of halogens is 1. The molecule has 0 bridgehead atoms. The van der Waals surface area contributed by atoms with Crippen LogP contribution in [-0.2, 0) is 9.53 Å². The number of benzene rings is 1. The Morgan fingerprint density at radius 1 is 1.20 bits per heavy atom. The molecule has 2 aliphatic rings. The van der Waals surface area contributed by atoms with Crippen molar-refractivity contribution in [2.24, 2.45) is 5.92 Å². The van der Waals surface area contributed by atoms with E-state index in [1.165, 1.54) is 0 Å². The van der Waals surface area contributed by atoms with E-state index in [0.717, 1.165) is 35.1 Å². The number of ether oxygens (including phenoxy) is 1. The number of carbonyl (C=O) groups excluding carboxylic acids is 1. The molecule has 180 valence electrons. The van der Waals surface area contributed by atoms with Crippen LogP contribution in [-0.4, -0.2) is 59.9 Å². The van der Waals surface area contributed by atoms with Crippen LogP contribution in [0.5, 0.6) is 0 Å². The van der Waals surface area contributed by atoms with E-state index in [0.29, 0.717) is 35.3 Å². The van der Waals surface area contributed by atoms with Crippen molar-refractivity contribution in [1.29, 1.82) is 0 Å². The Balaban J connectivity index is 1.39. The first kappa shape index (κ1) is 21.7. The molecule has 2 fully saturated rings. The lowest BCUT2D eigenvalue weighted by Crippen LogP contribution is -2.41. The first-order valence-electron chi connectivity index (χ1n) is 11.7. The first-order valence-corrected chi connectivity index (χ1v) is 11.7. The van der Waals surface area contributed by atoms with Crippen LogP contribution in [0.4, 0.5) is 21.7 Å². The molecule has 2 N–H and O–H groups in total. The summed E-state index contributed by atoms with van der Waals surface area (Å²) in [6.07, 6.45) is 2.68. The molecular formula is C25H25FN6O3. The van der Waals surface area contributed by atoms with Gasteiger partial charge in [-0.1, -0.05) is 0 Å². The summed E-state index contributed by atoms with van der Waals surface area (Å²) in [5, 5.41) is 7.29. The van der Waals surface area contributed by atoms with Crippen molar-refractivity contribution in [3.8, 4) is 11.5 Å². The van der Waals surface area contributed by atoms with Gasteiger partial charge in [0.05, 0.1) is 24.2 Å². The summed E-state index contributed by atoms with van der Waals surface area (Å²) in [6, 6.07) is 7.72. The van der Waals surface area contributed by atoms with Gasteiger partial charge in [-0.25, -0.2) is 19.3 Å². The van der Waals surface area contributed by atoms with Crippen molar-refractivity contribution in [1.82, 2.24) is 15.0 Å². The van der Waals surface area contributed by atoms with Crippen molar-refractivity contribution in [2.45, 2.75) is 25.6 Å². The van der Waals surface area contributed by atoms with Gasteiger partial charge in [-0.3, -0.25) is 4.79 Å². The molecular weight excluding hydrogens is 451 g/mol. The normalized spacial score (nSPS) is 21.9. The van der Waals surface area contributed by atoms with Crippen LogP contribution in [0, 0.1) is 5.92 Å². The standard InChI is InChI=1S/C25H25FN6O3/c1-13-12-32(5-6-34-13)14-3-4-21-20(7-14)30-25(35-21)18-11-29-23(27-2)17-10-28-22(9-15(17)18)31-24(33)16-8-19(16)26/h3-4,7,9-11,13,16,19H,5-6,8,12H2,1-2H3,(H,27,29)(H,28,31,33)/t13-,16+,19?/m0/s1. The molecule has 1 aliphatic carbocycles. The number of nitrogens with one attached hydrogen (secondary N) is 2. The van der Waals surface area contributed by atoms with E-state index in [4.69, 9.17) is 14.1 Å². The van der Waals surface area contributed by atoms with Crippen LogP contribution in [0.25, 0.3) is 33.3 Å². The number of anilines is 3. The van der Waals surface area contributed by atoms with Gasteiger partial charge >= 0.3 is 0 Å². The average Bonchev–Trinajstić information content (AvgIpc) is 3.45. The van der Waals surface area contributed by atoms with Crippen molar-refractivity contribution < 1.29 is 18.3 Å². The third kappa shape index (κ3) is 4.03. The average molecular weight is 477 g/mol. The van der Waals surface area contributed by atoms with E-state index in [1.54, 1.807) is 25.5 Å². The molecule has 1 aliphatic heterocycles. The van der Waals surface area contributed by atoms with E-state index in [1.807, 2.05) is 18.2 Å². The van der Waals surface area contributed by atoms with Gasteiger partial charge in [-0.05, 0) is 37.6 Å². The molecule has 1 unspecified atom stereocenters. The number of amides is 1. The predicted molar refractivity (Wildman–Crippen MR) is 131 cm³/mol. The van der Waals surface area contributed by atoms with Crippen LogP contribution in [0.15, 0.2) is 41.1 Å². The third-order valence-corrected chi connectivity index (χ3v) is 6.52. The van der Waals surface area contributed by atoms with Gasteiger partial charge in [-0.2, -0.15) is 0 Å². The number of rotatable bonds is 5. The van der Waals surface area contributed by atoms with Crippen LogP contribution in [0.1, 0.15) is 13.3 Å². The number of morpholine rings is 1. The molecule has 1 amide bonds. The van der Waals surface area contributed by atoms with Crippen molar-refractivity contribution in [2.75, 3.05) is 42.3 Å². The number of oxazole rings is 1. The van der Waals surface area contributed by atoms with E-state index >= 15 is 0 Å². The van der Waals surface area contributed by atoms with Crippen molar-refractivity contribution in [3.05, 3.63) is 36.7 Å². The van der Waals surface area contributed by atoms with Crippen LogP contribution in [0.2, 0.25) is 0 Å². The minimum atomic E-state index is -1.07. The smallest absolute Gasteiger partial charge is 0.231 e. The monoisotopic (exact) mass is 476 g/mol. The van der Waals surface area contributed by atoms with E-state index in [-0.39, 0.29) is 18.4 Å². The Hall–Kier alpha value is -3.79. The van der Waals surface area contributed by atoms with Crippen LogP contribution < -0.4 is 15.5 Å². The summed E-state index contributed by atoms with van der Waals surface area (Å²) >= 11 is 0. The second kappa shape index (κ2) is 8.46. The molecule has 9 nitrogen and oxygen atoms in total. The first-order chi connectivity index (χ1) is 17.0. The Morgan fingerprint density at radius 3 is 2.83 bits per heavy atom. The summed E-state index contributed by atoms with van der Waals surface area (Å²) in [7, 11) is 1.78. The highest BCUT2D eigenvalue weighted by molar-refractivity contribution is 6.03. The quantitative estimate of drug-likeness (QED) is 0.445. The van der Waals surface area contributed by atoms with Gasteiger partial charge in [0.1, 0.15) is 23.3 Å². The number of alkyl halides is 1. The van der Waals surface area contributed by atoms with Crippen LogP contribution in [0.3, 0.4) is 0 Å². The third-order valence-electron chi connectivity index (χ3n) is 6.52. The molecule has 3 aromatic heterocycles. The fraction of sp³-hybridized carbons (Fsp3) is 0.360. The van der Waals surface area contributed by atoms with Gasteiger partial charge in [0.15, 0.2) is 5.58 Å². The molecule has 0 spiro atoms. The van der Waals surface area contributed by atoms with E-state index < -0.39 is 12.1 Å². The van der Waals surface area contributed by atoms with Gasteiger partial charge in [0.2, 0.25) is 11.8 Å². The zero-order valence-electron chi connectivity index (χ0n) is 19.4. The molecule has 1 saturated carbocycles. The molecule has 0 radical (unpaired) electrons. The van der Waals surface area contributed by atoms with E-state index in [9.17, 15) is 9.18 Å². The summed E-state index contributed by atoms with van der Waals surface area (Å²) in [6.45, 7) is 4.41. The lowest BCUT2D eigenvalue weighted by atomic mass is 10.1. The summed E-state index contributed by atoms with van der Waals surface area (Å²) in [5.74, 6) is 0.441. The fourth-order valence-electron chi connectivity index (χ4n) is 4.51. The predicted octanol–water partition coefficient (Wildman–Crippen LogP) is 4.00. The zero-order chi connectivity index (χ0) is 24.1. The number of pyridine rings is 2. The second-order valence-corrected chi connectivity index (χ2v) is 9.03. The number of nitrogens with zero attached hydrogens (tertiary/aromatic N) is 4. The minimum Gasteiger partial charge on any atom is -0.436 e. The molecule has 10 heteroatoms. The molecule has 4 heterocycles. The Bertz CT molecular complexity index is 1440. The summed E-state index contributed by atoms with van der Waals surface area (Å²) in [4.78, 5) is 28.1. The molecule has 4 aromatic rings. The number of hydrogen-bond donors (Lipinski definition) is 2. The highest BCUT2D eigenvalue weighted by Gasteiger charge is 2.43. The Morgan fingerprint density at radius 2 is 2.06 bits per heavy atom. The number of hydrogen-bond acceptors (Lipinski definition) is 8. The molecule has 1 aromatic carbocycles. The van der Waals surface area contributed by atoms with Crippen LogP contribution >= 0.6 is 0 Å². The van der Waals surface area contributed by atoms with Gasteiger partial charge < -0.3 is 24.7 Å². The lowest BCUT2D eigenvalue weighted by molar-refractivity contribution is -0.117. The summed E-state index contributed by atoms with van der Waals surface area (Å²) in [5.41, 5.74) is 3.15. The Kier molecular flexibility index (Phi) is 5.25.